The fraction of sp³-hybridized carbons (Fsp3) is 0.200. The lowest BCUT2D eigenvalue weighted by atomic mass is 9.85. The van der Waals surface area contributed by atoms with Gasteiger partial charge >= 0.3 is 0 Å². The Balaban J connectivity index is 1.95. The molecule has 24 heavy (non-hydrogen) atoms. The summed E-state index contributed by atoms with van der Waals surface area (Å²) < 4.78 is 28.0. The number of para-hydroxylation sites is 1. The Morgan fingerprint density at radius 1 is 0.958 bits per heavy atom. The van der Waals surface area contributed by atoms with Crippen molar-refractivity contribution in [2.75, 3.05) is 0 Å². The van der Waals surface area contributed by atoms with Crippen molar-refractivity contribution < 1.29 is 8.78 Å². The molecule has 0 N–H and O–H groups in total. The molecule has 1 aliphatic heterocycles. The van der Waals surface area contributed by atoms with Crippen molar-refractivity contribution in [3.05, 3.63) is 77.0 Å². The van der Waals surface area contributed by atoms with Crippen LogP contribution in [0.4, 0.5) is 8.78 Å². The number of pyridine rings is 1. The number of nitrogens with zero attached hydrogens (tertiary/aromatic N) is 2. The van der Waals surface area contributed by atoms with E-state index in [4.69, 9.17) is 4.99 Å². The summed E-state index contributed by atoms with van der Waals surface area (Å²) in [5.74, 6) is -1.61. The molecule has 0 amide bonds. The number of fused-ring (bicyclic) bond motifs is 2. The summed E-state index contributed by atoms with van der Waals surface area (Å²) in [6.07, 6.45) is 0.364. The van der Waals surface area contributed by atoms with E-state index in [1.54, 1.807) is 6.07 Å². The van der Waals surface area contributed by atoms with Crippen molar-refractivity contribution in [2.24, 2.45) is 4.99 Å². The van der Waals surface area contributed by atoms with Crippen LogP contribution in [0.15, 0.2) is 53.5 Å². The lowest BCUT2D eigenvalue weighted by Crippen LogP contribution is -2.31. The minimum Gasteiger partial charge on any atom is -0.276 e. The second-order valence-electron chi connectivity index (χ2n) is 6.73. The van der Waals surface area contributed by atoms with Crippen LogP contribution in [-0.2, 0) is 6.42 Å². The predicted octanol–water partition coefficient (Wildman–Crippen LogP) is 4.69. The molecule has 2 heterocycles. The van der Waals surface area contributed by atoms with Crippen molar-refractivity contribution in [1.82, 2.24) is 4.98 Å². The van der Waals surface area contributed by atoms with Gasteiger partial charge in [-0.3, -0.25) is 4.99 Å². The van der Waals surface area contributed by atoms with E-state index in [2.05, 4.69) is 4.98 Å². The molecule has 0 fully saturated rings. The largest absolute Gasteiger partial charge is 0.276 e. The van der Waals surface area contributed by atoms with Gasteiger partial charge in [-0.05, 0) is 38.1 Å². The fourth-order valence-corrected chi connectivity index (χ4v) is 3.22. The molecule has 4 heteroatoms. The molecule has 0 atom stereocenters. The topological polar surface area (TPSA) is 25.2 Å². The highest BCUT2D eigenvalue weighted by molar-refractivity contribution is 6.14. The van der Waals surface area contributed by atoms with Gasteiger partial charge in [-0.25, -0.2) is 13.8 Å². The first kappa shape index (κ1) is 14.9. The normalized spacial score (nSPS) is 15.9. The van der Waals surface area contributed by atoms with Gasteiger partial charge in [0.15, 0.2) is 11.6 Å². The third-order valence-electron chi connectivity index (χ3n) is 4.32. The number of halogens is 2. The number of benzene rings is 2. The lowest BCUT2D eigenvalue weighted by molar-refractivity contribution is 0.462. The first-order valence-electron chi connectivity index (χ1n) is 7.88. The van der Waals surface area contributed by atoms with Crippen LogP contribution in [0, 0.1) is 11.6 Å². The molecular formula is C20H16F2N2. The highest BCUT2D eigenvalue weighted by Crippen LogP contribution is 2.32. The zero-order valence-corrected chi connectivity index (χ0v) is 13.5. The summed E-state index contributed by atoms with van der Waals surface area (Å²) in [6, 6.07) is 14.4. The van der Waals surface area contributed by atoms with Crippen molar-refractivity contribution in [2.45, 2.75) is 25.8 Å². The summed E-state index contributed by atoms with van der Waals surface area (Å²) in [7, 11) is 0. The Labute approximate surface area is 138 Å². The molecule has 2 aromatic carbocycles. The van der Waals surface area contributed by atoms with E-state index in [1.807, 2.05) is 50.2 Å². The van der Waals surface area contributed by atoms with E-state index in [0.717, 1.165) is 17.0 Å². The van der Waals surface area contributed by atoms with Crippen LogP contribution < -0.4 is 0 Å². The minimum absolute atomic E-state index is 0.364. The van der Waals surface area contributed by atoms with Crippen LogP contribution >= 0.6 is 0 Å². The van der Waals surface area contributed by atoms with Crippen LogP contribution in [-0.4, -0.2) is 16.2 Å². The molecule has 0 unspecified atom stereocenters. The Kier molecular flexibility index (Phi) is 3.23. The molecule has 0 spiro atoms. The van der Waals surface area contributed by atoms with E-state index >= 15 is 0 Å². The molecule has 0 radical (unpaired) electrons. The van der Waals surface area contributed by atoms with E-state index in [9.17, 15) is 8.78 Å². The number of hydrogen-bond donors (Lipinski definition) is 0. The maximum Gasteiger partial charge on any atom is 0.162 e. The van der Waals surface area contributed by atoms with Crippen LogP contribution in [0.25, 0.3) is 10.9 Å². The van der Waals surface area contributed by atoms with Gasteiger partial charge in [-0.1, -0.05) is 24.3 Å². The third kappa shape index (κ3) is 2.39. The van der Waals surface area contributed by atoms with Crippen molar-refractivity contribution in [1.29, 1.82) is 0 Å². The van der Waals surface area contributed by atoms with Crippen LogP contribution in [0.5, 0.6) is 0 Å². The van der Waals surface area contributed by atoms with Gasteiger partial charge < -0.3 is 0 Å². The summed E-state index contributed by atoms with van der Waals surface area (Å²) >= 11 is 0. The smallest absolute Gasteiger partial charge is 0.162 e. The summed E-state index contributed by atoms with van der Waals surface area (Å²) in [4.78, 5) is 9.44. The molecular weight excluding hydrogens is 306 g/mol. The van der Waals surface area contributed by atoms with Gasteiger partial charge in [0.25, 0.3) is 0 Å². The van der Waals surface area contributed by atoms with Gasteiger partial charge in [0.05, 0.1) is 22.5 Å². The average molecular weight is 322 g/mol. The third-order valence-corrected chi connectivity index (χ3v) is 4.32. The highest BCUT2D eigenvalue weighted by Gasteiger charge is 2.31. The van der Waals surface area contributed by atoms with Crippen LogP contribution in [0.2, 0.25) is 0 Å². The maximum absolute atomic E-state index is 14.3. The van der Waals surface area contributed by atoms with Crippen LogP contribution in [0.1, 0.15) is 30.7 Å². The van der Waals surface area contributed by atoms with E-state index in [-0.39, 0.29) is 0 Å². The number of aromatic nitrogens is 1. The van der Waals surface area contributed by atoms with E-state index in [1.165, 1.54) is 0 Å². The Morgan fingerprint density at radius 2 is 1.75 bits per heavy atom. The Morgan fingerprint density at radius 3 is 2.58 bits per heavy atom. The van der Waals surface area contributed by atoms with E-state index < -0.39 is 17.2 Å². The predicted molar refractivity (Wildman–Crippen MR) is 91.5 cm³/mol. The fourth-order valence-electron chi connectivity index (χ4n) is 3.22. The summed E-state index contributed by atoms with van der Waals surface area (Å²) in [5.41, 5.74) is 2.63. The first-order valence-corrected chi connectivity index (χ1v) is 7.88. The number of rotatable bonds is 1. The SMILES string of the molecule is CC1(C)Cc2c(ccc(F)c2F)C(c2ccc3ccccc3n2)=N1. The Hall–Kier alpha value is -2.62. The molecule has 4 rings (SSSR count). The molecule has 1 aliphatic rings. The average Bonchev–Trinajstić information content (AvgIpc) is 2.57. The van der Waals surface area contributed by atoms with Gasteiger partial charge in [0.1, 0.15) is 0 Å². The first-order chi connectivity index (χ1) is 11.4. The zero-order chi connectivity index (χ0) is 16.9. The summed E-state index contributed by atoms with van der Waals surface area (Å²) in [5, 5.41) is 1.03. The number of aliphatic imine (C=N–C) groups is 1. The molecule has 0 saturated carbocycles. The molecule has 3 aromatic rings. The van der Waals surface area contributed by atoms with Crippen molar-refractivity contribution in [3.8, 4) is 0 Å². The van der Waals surface area contributed by atoms with Gasteiger partial charge in [-0.15, -0.1) is 0 Å². The lowest BCUT2D eigenvalue weighted by Gasteiger charge is -2.29. The van der Waals surface area contributed by atoms with Crippen LogP contribution in [0.3, 0.4) is 0 Å². The van der Waals surface area contributed by atoms with E-state index in [0.29, 0.717) is 29.0 Å². The van der Waals surface area contributed by atoms with Gasteiger partial charge in [0, 0.05) is 22.9 Å². The van der Waals surface area contributed by atoms with Gasteiger partial charge in [0.2, 0.25) is 0 Å². The molecule has 2 nitrogen and oxygen atoms in total. The molecule has 0 saturated heterocycles. The second kappa shape index (κ2) is 5.20. The molecule has 0 bridgehead atoms. The quantitative estimate of drug-likeness (QED) is 0.638. The van der Waals surface area contributed by atoms with Crippen molar-refractivity contribution >= 4 is 16.6 Å². The summed E-state index contributed by atoms with van der Waals surface area (Å²) in [6.45, 7) is 3.84. The monoisotopic (exact) mass is 322 g/mol. The minimum atomic E-state index is -0.822. The standard InChI is InChI=1S/C20H16F2N2/c1-20(2)11-14-13(8-9-15(21)18(14)22)19(24-20)17-10-7-12-5-3-4-6-16(12)23-17/h3-10H,11H2,1-2H3. The maximum atomic E-state index is 14.3. The zero-order valence-electron chi connectivity index (χ0n) is 13.5. The molecule has 1 aromatic heterocycles. The van der Waals surface area contributed by atoms with Gasteiger partial charge in [-0.2, -0.15) is 0 Å². The number of hydrogen-bond acceptors (Lipinski definition) is 2. The molecule has 120 valence electrons. The highest BCUT2D eigenvalue weighted by atomic mass is 19.2. The Bertz CT molecular complexity index is 990. The molecule has 0 aliphatic carbocycles. The van der Waals surface area contributed by atoms with Crippen molar-refractivity contribution in [3.63, 3.8) is 0 Å². The second-order valence-corrected chi connectivity index (χ2v) is 6.73.